The van der Waals surface area contributed by atoms with Crippen LogP contribution in [0, 0.1) is 0 Å². The number of hydrogen-bond acceptors (Lipinski definition) is 7. The molecule has 0 spiro atoms. The van der Waals surface area contributed by atoms with Gasteiger partial charge in [0.1, 0.15) is 17.8 Å². The molecule has 1 atom stereocenters. The number of carbonyl (C=O) groups is 2. The number of fused-ring (bicyclic) bond motifs is 1. The van der Waals surface area contributed by atoms with Crippen LogP contribution in [0.1, 0.15) is 18.4 Å². The zero-order chi connectivity index (χ0) is 21.6. The standard InChI is InChI=1S/C22H18N4O5/c1-22(15-7-5-14-11-16(29-2)8-6-13(14)10-15)20(27)26(21(28)24-22)12-18-23-19(25-31-18)17-4-3-9-30-17/h3-11H,12H2,1-2H3,(H,24,28). The van der Waals surface area contributed by atoms with Gasteiger partial charge in [-0.15, -0.1) is 0 Å². The van der Waals surface area contributed by atoms with Crippen molar-refractivity contribution in [2.75, 3.05) is 7.11 Å². The lowest BCUT2D eigenvalue weighted by Gasteiger charge is -2.22. The first-order chi connectivity index (χ1) is 15.0. The highest BCUT2D eigenvalue weighted by Gasteiger charge is 2.49. The van der Waals surface area contributed by atoms with Gasteiger partial charge in [-0.2, -0.15) is 4.98 Å². The fourth-order valence-electron chi connectivity index (χ4n) is 3.66. The molecule has 1 saturated heterocycles. The molecule has 1 aliphatic heterocycles. The van der Waals surface area contributed by atoms with Crippen LogP contribution >= 0.6 is 0 Å². The van der Waals surface area contributed by atoms with Gasteiger partial charge in [0.05, 0.1) is 13.4 Å². The maximum absolute atomic E-state index is 13.2. The van der Waals surface area contributed by atoms with Crippen LogP contribution in [-0.4, -0.2) is 34.1 Å². The Morgan fingerprint density at radius 3 is 2.71 bits per heavy atom. The van der Waals surface area contributed by atoms with Gasteiger partial charge in [0.15, 0.2) is 5.76 Å². The summed E-state index contributed by atoms with van der Waals surface area (Å²) >= 11 is 0. The summed E-state index contributed by atoms with van der Waals surface area (Å²) in [5, 5.41) is 8.53. The molecule has 1 unspecified atom stereocenters. The first-order valence-corrected chi connectivity index (χ1v) is 9.57. The summed E-state index contributed by atoms with van der Waals surface area (Å²) in [5.41, 5.74) is -0.539. The first kappa shape index (κ1) is 18.9. The minimum absolute atomic E-state index is 0.129. The Bertz CT molecular complexity index is 1300. The Hall–Kier alpha value is -4.14. The molecule has 9 nitrogen and oxygen atoms in total. The second-order valence-corrected chi connectivity index (χ2v) is 7.36. The molecule has 9 heteroatoms. The van der Waals surface area contributed by atoms with E-state index < -0.39 is 17.5 Å². The molecule has 0 saturated carbocycles. The van der Waals surface area contributed by atoms with Crippen LogP contribution in [-0.2, 0) is 16.9 Å². The molecular formula is C22H18N4O5. The van der Waals surface area contributed by atoms with Crippen molar-refractivity contribution in [3.05, 3.63) is 66.2 Å². The summed E-state index contributed by atoms with van der Waals surface area (Å²) in [4.78, 5) is 31.1. The first-order valence-electron chi connectivity index (χ1n) is 9.57. The number of nitrogens with one attached hydrogen (secondary N) is 1. The van der Waals surface area contributed by atoms with Gasteiger partial charge in [-0.1, -0.05) is 23.4 Å². The van der Waals surface area contributed by atoms with E-state index in [9.17, 15) is 9.59 Å². The third-order valence-corrected chi connectivity index (χ3v) is 5.40. The number of rotatable bonds is 5. The van der Waals surface area contributed by atoms with E-state index in [0.29, 0.717) is 11.3 Å². The highest BCUT2D eigenvalue weighted by atomic mass is 16.5. The average molecular weight is 418 g/mol. The number of nitrogens with zero attached hydrogens (tertiary/aromatic N) is 3. The molecule has 1 N–H and O–H groups in total. The molecule has 1 fully saturated rings. The zero-order valence-electron chi connectivity index (χ0n) is 16.8. The Morgan fingerprint density at radius 2 is 1.94 bits per heavy atom. The van der Waals surface area contributed by atoms with Crippen molar-refractivity contribution in [1.82, 2.24) is 20.4 Å². The molecule has 3 heterocycles. The van der Waals surface area contributed by atoms with Crippen molar-refractivity contribution in [1.29, 1.82) is 0 Å². The van der Waals surface area contributed by atoms with Crippen LogP contribution in [0.15, 0.2) is 63.7 Å². The fraction of sp³-hybridized carbons (Fsp3) is 0.182. The number of benzene rings is 2. The van der Waals surface area contributed by atoms with Gasteiger partial charge in [-0.3, -0.25) is 9.69 Å². The lowest BCUT2D eigenvalue weighted by atomic mass is 9.90. The van der Waals surface area contributed by atoms with E-state index in [1.807, 2.05) is 36.4 Å². The lowest BCUT2D eigenvalue weighted by molar-refractivity contribution is -0.131. The SMILES string of the molecule is COc1ccc2cc(C3(C)NC(=O)N(Cc4nc(-c5ccco5)no4)C3=O)ccc2c1. The minimum atomic E-state index is -1.21. The van der Waals surface area contributed by atoms with Crippen molar-refractivity contribution in [2.45, 2.75) is 19.0 Å². The lowest BCUT2D eigenvalue weighted by Crippen LogP contribution is -2.40. The van der Waals surface area contributed by atoms with Crippen LogP contribution < -0.4 is 10.1 Å². The monoisotopic (exact) mass is 418 g/mol. The molecular weight excluding hydrogens is 400 g/mol. The summed E-state index contributed by atoms with van der Waals surface area (Å²) in [7, 11) is 1.61. The molecule has 31 heavy (non-hydrogen) atoms. The average Bonchev–Trinajstić information content (AvgIpc) is 3.51. The fourth-order valence-corrected chi connectivity index (χ4v) is 3.66. The van der Waals surface area contributed by atoms with E-state index >= 15 is 0 Å². The van der Waals surface area contributed by atoms with Crippen LogP contribution in [0.4, 0.5) is 4.79 Å². The predicted octanol–water partition coefficient (Wildman–Crippen LogP) is 3.46. The maximum Gasteiger partial charge on any atom is 0.325 e. The number of urea groups is 1. The second-order valence-electron chi connectivity index (χ2n) is 7.36. The summed E-state index contributed by atoms with van der Waals surface area (Å²) < 4.78 is 15.7. The van der Waals surface area contributed by atoms with Crippen LogP contribution in [0.2, 0.25) is 0 Å². The molecule has 0 aliphatic carbocycles. The van der Waals surface area contributed by atoms with Gasteiger partial charge in [-0.05, 0) is 53.6 Å². The van der Waals surface area contributed by atoms with Crippen LogP contribution in [0.3, 0.4) is 0 Å². The van der Waals surface area contributed by atoms with Gasteiger partial charge in [-0.25, -0.2) is 4.79 Å². The van der Waals surface area contributed by atoms with E-state index in [0.717, 1.165) is 21.4 Å². The largest absolute Gasteiger partial charge is 0.497 e. The Balaban J connectivity index is 1.42. The number of carbonyl (C=O) groups excluding carboxylic acids is 2. The number of amides is 3. The summed E-state index contributed by atoms with van der Waals surface area (Å²) in [6.07, 6.45) is 1.49. The molecule has 0 bridgehead atoms. The molecule has 4 aromatic rings. The van der Waals surface area contributed by atoms with Crippen molar-refractivity contribution in [3.8, 4) is 17.3 Å². The Morgan fingerprint density at radius 1 is 1.13 bits per heavy atom. The smallest absolute Gasteiger partial charge is 0.325 e. The van der Waals surface area contributed by atoms with E-state index in [4.69, 9.17) is 13.7 Å². The highest BCUT2D eigenvalue weighted by molar-refractivity contribution is 6.07. The number of imide groups is 1. The van der Waals surface area contributed by atoms with Crippen molar-refractivity contribution in [3.63, 3.8) is 0 Å². The number of methoxy groups -OCH3 is 1. The molecule has 2 aromatic heterocycles. The normalized spacial score (nSPS) is 18.6. The van der Waals surface area contributed by atoms with E-state index in [2.05, 4.69) is 15.5 Å². The van der Waals surface area contributed by atoms with Crippen molar-refractivity contribution in [2.24, 2.45) is 0 Å². The molecule has 5 rings (SSSR count). The topological polar surface area (TPSA) is 111 Å². The minimum Gasteiger partial charge on any atom is -0.497 e. The number of aromatic nitrogens is 2. The van der Waals surface area contributed by atoms with Crippen LogP contribution in [0.25, 0.3) is 22.4 Å². The molecule has 3 amide bonds. The highest BCUT2D eigenvalue weighted by Crippen LogP contribution is 2.32. The number of ether oxygens (including phenoxy) is 1. The quantitative estimate of drug-likeness (QED) is 0.494. The summed E-state index contributed by atoms with van der Waals surface area (Å²) in [5.74, 6) is 1.16. The van der Waals surface area contributed by atoms with Crippen molar-refractivity contribution < 1.29 is 23.3 Å². The van der Waals surface area contributed by atoms with Crippen LogP contribution in [0.5, 0.6) is 5.75 Å². The van der Waals surface area contributed by atoms with E-state index in [1.54, 1.807) is 26.2 Å². The third kappa shape index (κ3) is 3.10. The van der Waals surface area contributed by atoms with Crippen molar-refractivity contribution >= 4 is 22.7 Å². The molecule has 156 valence electrons. The van der Waals surface area contributed by atoms with E-state index in [1.165, 1.54) is 6.26 Å². The van der Waals surface area contributed by atoms with E-state index in [-0.39, 0.29) is 18.3 Å². The number of hydrogen-bond donors (Lipinski definition) is 1. The molecule has 0 radical (unpaired) electrons. The van der Waals surface area contributed by atoms with Gasteiger partial charge in [0.2, 0.25) is 11.7 Å². The predicted molar refractivity (Wildman–Crippen MR) is 109 cm³/mol. The molecule has 1 aliphatic rings. The van der Waals surface area contributed by atoms with Gasteiger partial charge in [0.25, 0.3) is 5.91 Å². The Kier molecular flexibility index (Phi) is 4.25. The summed E-state index contributed by atoms with van der Waals surface area (Å²) in [6, 6.07) is 14.1. The number of furan rings is 1. The maximum atomic E-state index is 13.2. The zero-order valence-corrected chi connectivity index (χ0v) is 16.8. The van der Waals surface area contributed by atoms with Gasteiger partial charge >= 0.3 is 6.03 Å². The third-order valence-electron chi connectivity index (χ3n) is 5.40. The second kappa shape index (κ2) is 6.98. The molecule has 2 aromatic carbocycles. The summed E-state index contributed by atoms with van der Waals surface area (Å²) in [6.45, 7) is 1.54. The van der Waals surface area contributed by atoms with Gasteiger partial charge < -0.3 is 19.0 Å². The van der Waals surface area contributed by atoms with Gasteiger partial charge in [0, 0.05) is 0 Å². The Labute approximate surface area is 176 Å².